The van der Waals surface area contributed by atoms with Gasteiger partial charge in [0.15, 0.2) is 0 Å². The number of hydrogen-bond donors (Lipinski definition) is 1. The Morgan fingerprint density at radius 1 is 1.04 bits per heavy atom. The Hall–Kier alpha value is -2.82. The van der Waals surface area contributed by atoms with Crippen LogP contribution in [0, 0.1) is 5.92 Å². The molecule has 2 aromatic rings. The maximum absolute atomic E-state index is 12.8. The topological polar surface area (TPSA) is 52.7 Å². The largest absolute Gasteiger partial charge is 0.338 e. The zero-order valence-corrected chi connectivity index (χ0v) is 14.7. The van der Waals surface area contributed by atoms with Gasteiger partial charge in [0.1, 0.15) is 0 Å². The molecule has 2 fully saturated rings. The summed E-state index contributed by atoms with van der Waals surface area (Å²) in [6, 6.07) is 17.8. The van der Waals surface area contributed by atoms with Gasteiger partial charge in [0, 0.05) is 37.4 Å². The van der Waals surface area contributed by atoms with E-state index in [9.17, 15) is 9.59 Å². The van der Waals surface area contributed by atoms with Crippen molar-refractivity contribution in [3.63, 3.8) is 0 Å². The fraction of sp³-hybridized carbons (Fsp3) is 0.333. The first-order valence-electron chi connectivity index (χ1n) is 9.19. The summed E-state index contributed by atoms with van der Waals surface area (Å²) >= 11 is 0. The molecule has 2 heterocycles. The Balaban J connectivity index is 1.38. The number of amides is 3. The van der Waals surface area contributed by atoms with Crippen molar-refractivity contribution in [1.82, 2.24) is 10.2 Å². The number of nitrogens with one attached hydrogen (secondary N) is 1. The highest BCUT2D eigenvalue weighted by molar-refractivity contribution is 5.97. The molecule has 0 radical (unpaired) electrons. The summed E-state index contributed by atoms with van der Waals surface area (Å²) in [4.78, 5) is 28.1. The molecule has 0 spiro atoms. The molecule has 26 heavy (non-hydrogen) atoms. The summed E-state index contributed by atoms with van der Waals surface area (Å²) in [7, 11) is 0. The molecule has 0 bridgehead atoms. The van der Waals surface area contributed by atoms with Crippen molar-refractivity contribution in [2.24, 2.45) is 5.92 Å². The highest BCUT2D eigenvalue weighted by atomic mass is 16.2. The molecule has 2 saturated heterocycles. The number of urea groups is 1. The van der Waals surface area contributed by atoms with E-state index in [4.69, 9.17) is 0 Å². The minimum Gasteiger partial charge on any atom is -0.338 e. The number of carbonyl (C=O) groups is 2. The van der Waals surface area contributed by atoms with Crippen molar-refractivity contribution in [3.8, 4) is 0 Å². The van der Waals surface area contributed by atoms with Crippen molar-refractivity contribution in [1.29, 1.82) is 0 Å². The van der Waals surface area contributed by atoms with Gasteiger partial charge >= 0.3 is 6.03 Å². The van der Waals surface area contributed by atoms with Crippen LogP contribution in [0.2, 0.25) is 0 Å². The molecule has 5 nitrogen and oxygen atoms in total. The standard InChI is InChI=1S/C21H23N3O2/c25-20(18-6-8-19(9-7-18)24-13-11-22-21(24)26)23-12-10-17(15-23)14-16-4-2-1-3-5-16/h1-9,17H,10-15H2,(H,22,26). The van der Waals surface area contributed by atoms with E-state index < -0.39 is 0 Å². The van der Waals surface area contributed by atoms with Gasteiger partial charge in [-0.2, -0.15) is 0 Å². The van der Waals surface area contributed by atoms with Crippen LogP contribution in [-0.4, -0.2) is 43.0 Å². The fourth-order valence-electron chi connectivity index (χ4n) is 3.82. The van der Waals surface area contributed by atoms with E-state index in [1.54, 1.807) is 4.90 Å². The Labute approximate surface area is 153 Å². The summed E-state index contributed by atoms with van der Waals surface area (Å²) < 4.78 is 0. The highest BCUT2D eigenvalue weighted by Gasteiger charge is 2.27. The van der Waals surface area contributed by atoms with Crippen molar-refractivity contribution in [2.45, 2.75) is 12.8 Å². The third-order valence-electron chi connectivity index (χ3n) is 5.22. The second-order valence-electron chi connectivity index (χ2n) is 7.03. The quantitative estimate of drug-likeness (QED) is 0.923. The predicted molar refractivity (Wildman–Crippen MR) is 101 cm³/mol. The Kier molecular flexibility index (Phi) is 4.61. The first-order chi connectivity index (χ1) is 12.7. The summed E-state index contributed by atoms with van der Waals surface area (Å²) in [5.41, 5.74) is 2.86. The summed E-state index contributed by atoms with van der Waals surface area (Å²) in [5, 5.41) is 2.79. The fourth-order valence-corrected chi connectivity index (χ4v) is 3.82. The van der Waals surface area contributed by atoms with E-state index >= 15 is 0 Å². The van der Waals surface area contributed by atoms with Gasteiger partial charge in [-0.05, 0) is 48.6 Å². The van der Waals surface area contributed by atoms with Gasteiger partial charge in [-0.25, -0.2) is 4.79 Å². The second kappa shape index (κ2) is 7.20. The number of likely N-dealkylation sites (tertiary alicyclic amines) is 1. The number of carbonyl (C=O) groups excluding carboxylic acids is 2. The Bertz CT molecular complexity index is 789. The Morgan fingerprint density at radius 3 is 2.50 bits per heavy atom. The van der Waals surface area contributed by atoms with Gasteiger partial charge in [0.2, 0.25) is 0 Å². The average Bonchev–Trinajstić information content (AvgIpc) is 3.31. The maximum Gasteiger partial charge on any atom is 0.321 e. The van der Waals surface area contributed by atoms with Crippen LogP contribution < -0.4 is 10.2 Å². The van der Waals surface area contributed by atoms with Gasteiger partial charge in [-0.3, -0.25) is 9.69 Å². The molecule has 1 unspecified atom stereocenters. The minimum absolute atomic E-state index is 0.0765. The molecule has 2 aliphatic rings. The molecule has 5 heteroatoms. The van der Waals surface area contributed by atoms with Gasteiger partial charge < -0.3 is 10.2 Å². The van der Waals surface area contributed by atoms with Crippen LogP contribution in [-0.2, 0) is 6.42 Å². The zero-order chi connectivity index (χ0) is 17.9. The van der Waals surface area contributed by atoms with Crippen molar-refractivity contribution in [3.05, 3.63) is 65.7 Å². The van der Waals surface area contributed by atoms with Gasteiger partial charge in [-0.15, -0.1) is 0 Å². The second-order valence-corrected chi connectivity index (χ2v) is 7.03. The van der Waals surface area contributed by atoms with Crippen LogP contribution in [0.5, 0.6) is 0 Å². The normalized spacial score (nSPS) is 19.7. The SMILES string of the molecule is O=C(c1ccc(N2CCNC2=O)cc1)N1CCC(Cc2ccccc2)C1. The first kappa shape index (κ1) is 16.6. The lowest BCUT2D eigenvalue weighted by Crippen LogP contribution is -2.29. The predicted octanol–water partition coefficient (Wildman–Crippen LogP) is 2.92. The van der Waals surface area contributed by atoms with E-state index in [0.717, 1.165) is 31.6 Å². The van der Waals surface area contributed by atoms with Gasteiger partial charge in [0.05, 0.1) is 0 Å². The molecular weight excluding hydrogens is 326 g/mol. The number of nitrogens with zero attached hydrogens (tertiary/aromatic N) is 2. The number of hydrogen-bond acceptors (Lipinski definition) is 2. The monoisotopic (exact) mass is 349 g/mol. The third kappa shape index (κ3) is 3.43. The van der Waals surface area contributed by atoms with Crippen LogP contribution in [0.25, 0.3) is 0 Å². The molecular formula is C21H23N3O2. The lowest BCUT2D eigenvalue weighted by molar-refractivity contribution is 0.0787. The highest BCUT2D eigenvalue weighted by Crippen LogP contribution is 2.24. The van der Waals surface area contributed by atoms with Crippen LogP contribution in [0.4, 0.5) is 10.5 Å². The van der Waals surface area contributed by atoms with Crippen LogP contribution in [0.3, 0.4) is 0 Å². The van der Waals surface area contributed by atoms with E-state index in [-0.39, 0.29) is 11.9 Å². The van der Waals surface area contributed by atoms with E-state index in [1.165, 1.54) is 5.56 Å². The van der Waals surface area contributed by atoms with E-state index in [1.807, 2.05) is 35.2 Å². The first-order valence-corrected chi connectivity index (χ1v) is 9.19. The molecule has 0 aromatic heterocycles. The number of benzene rings is 2. The molecule has 0 aliphatic carbocycles. The molecule has 2 aliphatic heterocycles. The number of anilines is 1. The Morgan fingerprint density at radius 2 is 1.81 bits per heavy atom. The molecule has 3 amide bonds. The summed E-state index contributed by atoms with van der Waals surface area (Å²) in [5.74, 6) is 0.604. The summed E-state index contributed by atoms with van der Waals surface area (Å²) in [6.45, 7) is 2.95. The average molecular weight is 349 g/mol. The van der Waals surface area contributed by atoms with E-state index in [0.29, 0.717) is 24.6 Å². The molecule has 134 valence electrons. The summed E-state index contributed by atoms with van der Waals surface area (Å²) in [6.07, 6.45) is 2.07. The minimum atomic E-state index is -0.0765. The lowest BCUT2D eigenvalue weighted by atomic mass is 9.99. The molecule has 1 N–H and O–H groups in total. The van der Waals surface area contributed by atoms with Crippen LogP contribution in [0.15, 0.2) is 54.6 Å². The zero-order valence-electron chi connectivity index (χ0n) is 14.7. The molecule has 4 rings (SSSR count). The van der Waals surface area contributed by atoms with Crippen molar-refractivity contribution >= 4 is 17.6 Å². The van der Waals surface area contributed by atoms with Crippen LogP contribution >= 0.6 is 0 Å². The van der Waals surface area contributed by atoms with Crippen molar-refractivity contribution < 1.29 is 9.59 Å². The third-order valence-corrected chi connectivity index (χ3v) is 5.22. The van der Waals surface area contributed by atoms with E-state index in [2.05, 4.69) is 29.6 Å². The molecule has 2 aromatic carbocycles. The molecule has 0 saturated carbocycles. The van der Waals surface area contributed by atoms with Crippen molar-refractivity contribution in [2.75, 3.05) is 31.1 Å². The number of rotatable bonds is 4. The smallest absolute Gasteiger partial charge is 0.321 e. The van der Waals surface area contributed by atoms with Gasteiger partial charge in [-0.1, -0.05) is 30.3 Å². The van der Waals surface area contributed by atoms with Gasteiger partial charge in [0.25, 0.3) is 5.91 Å². The lowest BCUT2D eigenvalue weighted by Gasteiger charge is -2.18. The van der Waals surface area contributed by atoms with Crippen LogP contribution in [0.1, 0.15) is 22.3 Å². The maximum atomic E-state index is 12.8. The molecule has 1 atom stereocenters.